The molecule has 0 radical (unpaired) electrons. The molecule has 1 amide bonds. The van der Waals surface area contributed by atoms with Crippen LogP contribution in [0.5, 0.6) is 0 Å². The Labute approximate surface area is 146 Å². The van der Waals surface area contributed by atoms with E-state index in [1.165, 1.54) is 12.1 Å². The van der Waals surface area contributed by atoms with Crippen molar-refractivity contribution in [2.45, 2.75) is 19.3 Å². The zero-order valence-electron chi connectivity index (χ0n) is 13.0. The molecule has 1 aliphatic rings. The zero-order chi connectivity index (χ0) is 18.0. The summed E-state index contributed by atoms with van der Waals surface area (Å²) in [4.78, 5) is 27.7. The predicted molar refractivity (Wildman–Crippen MR) is 89.3 cm³/mol. The summed E-state index contributed by atoms with van der Waals surface area (Å²) < 4.78 is 13.9. The van der Waals surface area contributed by atoms with E-state index in [1.807, 2.05) is 6.07 Å². The molecule has 1 fully saturated rings. The highest BCUT2D eigenvalue weighted by Gasteiger charge is 2.34. The largest absolute Gasteiger partial charge is 0.481 e. The van der Waals surface area contributed by atoms with Crippen LogP contribution in [0.15, 0.2) is 24.3 Å². The van der Waals surface area contributed by atoms with Crippen LogP contribution < -0.4 is 5.32 Å². The van der Waals surface area contributed by atoms with E-state index in [2.05, 4.69) is 10.3 Å². The standard InChI is InChI=1S/C17H14FN3O3S/c18-12-4-2-1-3-11(12)14-13(8-19)25-17(20-14)21-15(22)9-5-6-10(7-9)16(23)24/h1-4,9-10H,5-7H2,(H,23,24)(H,20,21,22)/t9-,10+/m0/s1. The van der Waals surface area contributed by atoms with Crippen LogP contribution >= 0.6 is 11.3 Å². The number of nitriles is 1. The van der Waals surface area contributed by atoms with Crippen molar-refractivity contribution in [3.05, 3.63) is 35.0 Å². The number of nitrogens with one attached hydrogen (secondary N) is 1. The molecule has 128 valence electrons. The molecule has 2 N–H and O–H groups in total. The molecule has 2 atom stereocenters. The minimum absolute atomic E-state index is 0.190. The van der Waals surface area contributed by atoms with Crippen LogP contribution in [0.1, 0.15) is 24.1 Å². The van der Waals surface area contributed by atoms with Gasteiger partial charge in [-0.05, 0) is 31.4 Å². The van der Waals surface area contributed by atoms with Gasteiger partial charge >= 0.3 is 5.97 Å². The van der Waals surface area contributed by atoms with Gasteiger partial charge in [0.25, 0.3) is 0 Å². The molecule has 6 nitrogen and oxygen atoms in total. The lowest BCUT2D eigenvalue weighted by Gasteiger charge is -2.08. The van der Waals surface area contributed by atoms with Gasteiger partial charge in [0.1, 0.15) is 22.5 Å². The molecule has 1 saturated carbocycles. The van der Waals surface area contributed by atoms with E-state index in [0.717, 1.165) is 11.3 Å². The van der Waals surface area contributed by atoms with Crippen LogP contribution in [0.2, 0.25) is 0 Å². The monoisotopic (exact) mass is 359 g/mol. The molecule has 3 rings (SSSR count). The van der Waals surface area contributed by atoms with E-state index in [-0.39, 0.29) is 33.6 Å². The lowest BCUT2D eigenvalue weighted by atomic mass is 10.0. The Kier molecular flexibility index (Phi) is 4.76. The minimum atomic E-state index is -0.891. The summed E-state index contributed by atoms with van der Waals surface area (Å²) >= 11 is 0.970. The maximum atomic E-state index is 13.9. The van der Waals surface area contributed by atoms with Crippen LogP contribution in [-0.2, 0) is 9.59 Å². The fourth-order valence-corrected chi connectivity index (χ4v) is 3.72. The maximum absolute atomic E-state index is 13.9. The highest BCUT2D eigenvalue weighted by Crippen LogP contribution is 2.34. The highest BCUT2D eigenvalue weighted by molar-refractivity contribution is 7.16. The first-order chi connectivity index (χ1) is 12.0. The fraction of sp³-hybridized carbons (Fsp3) is 0.294. The van der Waals surface area contributed by atoms with Gasteiger partial charge in [0.05, 0.1) is 5.92 Å². The molecular formula is C17H14FN3O3S. The first-order valence-corrected chi connectivity index (χ1v) is 8.50. The van der Waals surface area contributed by atoms with E-state index in [0.29, 0.717) is 12.8 Å². The van der Waals surface area contributed by atoms with Gasteiger partial charge in [-0.25, -0.2) is 9.37 Å². The third-order valence-electron chi connectivity index (χ3n) is 4.24. The molecule has 1 aromatic carbocycles. The molecule has 0 bridgehead atoms. The topological polar surface area (TPSA) is 103 Å². The van der Waals surface area contributed by atoms with Gasteiger partial charge in [-0.1, -0.05) is 23.5 Å². The molecule has 8 heteroatoms. The summed E-state index contributed by atoms with van der Waals surface area (Å²) in [6, 6.07) is 7.94. The average Bonchev–Trinajstić information content (AvgIpc) is 3.22. The normalized spacial score (nSPS) is 19.4. The highest BCUT2D eigenvalue weighted by atomic mass is 32.1. The number of carbonyl (C=O) groups is 2. The number of aliphatic carboxylic acids is 1. The lowest BCUT2D eigenvalue weighted by molar-refractivity contribution is -0.141. The van der Waals surface area contributed by atoms with Crippen molar-refractivity contribution in [2.24, 2.45) is 11.8 Å². The number of nitrogens with zero attached hydrogens (tertiary/aromatic N) is 2. The van der Waals surface area contributed by atoms with Gasteiger partial charge < -0.3 is 10.4 Å². The van der Waals surface area contributed by atoms with Gasteiger partial charge in [-0.3, -0.25) is 9.59 Å². The van der Waals surface area contributed by atoms with Crippen LogP contribution in [0.3, 0.4) is 0 Å². The van der Waals surface area contributed by atoms with Crippen molar-refractivity contribution in [1.29, 1.82) is 5.26 Å². The first-order valence-electron chi connectivity index (χ1n) is 7.69. The molecule has 2 aromatic rings. The predicted octanol–water partition coefficient (Wildman–Crippen LogP) is 3.26. The summed E-state index contributed by atoms with van der Waals surface area (Å²) in [6.07, 6.45) is 1.26. The van der Waals surface area contributed by atoms with Gasteiger partial charge in [-0.2, -0.15) is 5.26 Å². The van der Waals surface area contributed by atoms with Crippen molar-refractivity contribution in [3.63, 3.8) is 0 Å². The Balaban J connectivity index is 1.79. The van der Waals surface area contributed by atoms with Crippen LogP contribution in [0.4, 0.5) is 9.52 Å². The SMILES string of the molecule is N#Cc1sc(NC(=O)[C@H]2CC[C@@H](C(=O)O)C2)nc1-c1ccccc1F. The number of hydrogen-bond donors (Lipinski definition) is 2. The number of carboxylic acids is 1. The Bertz CT molecular complexity index is 874. The van der Waals surface area contributed by atoms with Crippen molar-refractivity contribution in [1.82, 2.24) is 4.98 Å². The number of thiazole rings is 1. The van der Waals surface area contributed by atoms with Crippen LogP contribution in [0.25, 0.3) is 11.3 Å². The first kappa shape index (κ1) is 17.0. The molecule has 1 aromatic heterocycles. The second-order valence-electron chi connectivity index (χ2n) is 5.82. The van der Waals surface area contributed by atoms with Crippen molar-refractivity contribution >= 4 is 28.3 Å². The van der Waals surface area contributed by atoms with E-state index >= 15 is 0 Å². The van der Waals surface area contributed by atoms with Gasteiger partial charge in [0.2, 0.25) is 5.91 Å². The van der Waals surface area contributed by atoms with E-state index < -0.39 is 23.6 Å². The van der Waals surface area contributed by atoms with Gasteiger partial charge in [0, 0.05) is 11.5 Å². The van der Waals surface area contributed by atoms with Crippen molar-refractivity contribution < 1.29 is 19.1 Å². The molecule has 0 unspecified atom stereocenters. The average molecular weight is 359 g/mol. The van der Waals surface area contributed by atoms with Crippen LogP contribution in [-0.4, -0.2) is 22.0 Å². The van der Waals surface area contributed by atoms with Crippen molar-refractivity contribution in [2.75, 3.05) is 5.32 Å². The smallest absolute Gasteiger partial charge is 0.306 e. The number of carbonyl (C=O) groups excluding carboxylic acids is 1. The third kappa shape index (κ3) is 3.51. The second kappa shape index (κ2) is 6.99. The Morgan fingerprint density at radius 2 is 2.04 bits per heavy atom. The maximum Gasteiger partial charge on any atom is 0.306 e. The number of carboxylic acid groups (broad SMARTS) is 1. The number of halogens is 1. The third-order valence-corrected chi connectivity index (χ3v) is 5.12. The van der Waals surface area contributed by atoms with E-state index in [9.17, 15) is 19.2 Å². The number of amides is 1. The number of anilines is 1. The Hall–Kier alpha value is -2.79. The van der Waals surface area contributed by atoms with Crippen molar-refractivity contribution in [3.8, 4) is 17.3 Å². The van der Waals surface area contributed by atoms with E-state index in [4.69, 9.17) is 5.11 Å². The van der Waals surface area contributed by atoms with Gasteiger partial charge in [0.15, 0.2) is 5.13 Å². The summed E-state index contributed by atoms with van der Waals surface area (Å²) in [5, 5.41) is 21.1. The Morgan fingerprint density at radius 3 is 2.68 bits per heavy atom. The van der Waals surface area contributed by atoms with Crippen LogP contribution in [0, 0.1) is 29.0 Å². The summed E-state index contributed by atoms with van der Waals surface area (Å²) in [5.74, 6) is -2.61. The molecule has 1 heterocycles. The number of aromatic nitrogens is 1. The number of hydrogen-bond acceptors (Lipinski definition) is 5. The summed E-state index contributed by atoms with van der Waals surface area (Å²) in [7, 11) is 0. The molecule has 0 aliphatic heterocycles. The molecule has 25 heavy (non-hydrogen) atoms. The van der Waals surface area contributed by atoms with E-state index in [1.54, 1.807) is 12.1 Å². The minimum Gasteiger partial charge on any atom is -0.481 e. The molecule has 1 aliphatic carbocycles. The second-order valence-corrected chi connectivity index (χ2v) is 6.82. The molecular weight excluding hydrogens is 345 g/mol. The quantitative estimate of drug-likeness (QED) is 0.872. The zero-order valence-corrected chi connectivity index (χ0v) is 13.8. The molecule has 0 spiro atoms. The lowest BCUT2D eigenvalue weighted by Crippen LogP contribution is -2.21. The summed E-state index contributed by atoms with van der Waals surface area (Å²) in [6.45, 7) is 0. The summed E-state index contributed by atoms with van der Waals surface area (Å²) in [5.41, 5.74) is 0.387. The van der Waals surface area contributed by atoms with Gasteiger partial charge in [-0.15, -0.1) is 0 Å². The molecule has 0 saturated heterocycles. The number of benzene rings is 1. The fourth-order valence-electron chi connectivity index (χ4n) is 2.94. The Morgan fingerprint density at radius 1 is 1.32 bits per heavy atom. The number of rotatable bonds is 4.